The van der Waals surface area contributed by atoms with E-state index in [0.29, 0.717) is 0 Å². The normalized spacial score (nSPS) is 40.7. The number of fused-ring (bicyclic) bond motifs is 10. The van der Waals surface area contributed by atoms with Gasteiger partial charge in [0, 0.05) is 2.74 Å². The quantitative estimate of drug-likeness (QED) is 0.290. The molecule has 0 aromatic carbocycles. The Balaban J connectivity index is 0.000000174. The maximum atomic E-state index is 8.81. The van der Waals surface area contributed by atoms with Crippen molar-refractivity contribution in [2.24, 2.45) is 47.3 Å². The van der Waals surface area contributed by atoms with Crippen LogP contribution in [-0.4, -0.2) is 12.6 Å². The molecule has 8 atom stereocenters. The molecular formula is C29H48O2. The molecule has 0 aliphatic heterocycles. The van der Waals surface area contributed by atoms with Crippen molar-refractivity contribution in [3.8, 4) is 0 Å². The summed E-state index contributed by atoms with van der Waals surface area (Å²) in [5.41, 5.74) is 0. The second kappa shape index (κ2) is 13.4. The van der Waals surface area contributed by atoms with Gasteiger partial charge in [-0.3, -0.25) is 0 Å². The number of carbonyl (C=O) groups excluding carboxylic acids is 2. The van der Waals surface area contributed by atoms with E-state index in [4.69, 9.17) is 12.3 Å². The average molecular weight is 431 g/mol. The molecule has 0 N–H and O–H groups in total. The highest BCUT2D eigenvalue weighted by molar-refractivity contribution is 5.44. The molecule has 0 radical (unpaired) electrons. The number of allylic oxidation sites excluding steroid dienone is 4. The minimum Gasteiger partial charge on any atom is -0.304 e. The molecule has 2 nitrogen and oxygen atoms in total. The molecule has 0 saturated heterocycles. The van der Waals surface area contributed by atoms with Crippen molar-refractivity contribution in [3.63, 3.8) is 0 Å². The average Bonchev–Trinajstić information content (AvgIpc) is 3.25. The minimum absolute atomic E-state index is 0.250. The van der Waals surface area contributed by atoms with E-state index >= 15 is 0 Å². The van der Waals surface area contributed by atoms with Gasteiger partial charge in [-0.2, -0.15) is 0 Å². The standard InChI is InChI=1S/C12H20.C12H16.2C2H4O.CH4/c2*1-2-7-12-10-5-3-4-9(8-10)11(12)6-1;2*1-2-3;/h9-12H,1-8H2;1,3,5-6,9-12H,2,4,7-8H2;2*2H,1H3;1H4/i;;;;1D2. The van der Waals surface area contributed by atoms with E-state index in [0.717, 1.165) is 36.2 Å². The molecule has 6 rings (SSSR count). The van der Waals surface area contributed by atoms with Gasteiger partial charge in [0.2, 0.25) is 0 Å². The first-order valence-corrected chi connectivity index (χ1v) is 12.9. The van der Waals surface area contributed by atoms with Gasteiger partial charge in [-0.25, -0.2) is 0 Å². The molecule has 31 heavy (non-hydrogen) atoms. The number of hydrogen-bond donors (Lipinski definition) is 0. The summed E-state index contributed by atoms with van der Waals surface area (Å²) in [5, 5.41) is 0. The van der Waals surface area contributed by atoms with E-state index in [2.05, 4.69) is 24.3 Å². The van der Waals surface area contributed by atoms with Crippen molar-refractivity contribution in [3.05, 3.63) is 24.3 Å². The van der Waals surface area contributed by atoms with Crippen LogP contribution in [0.2, 0.25) is 0 Å². The zero-order chi connectivity index (χ0) is 24.1. The second-order valence-corrected chi connectivity index (χ2v) is 10.3. The van der Waals surface area contributed by atoms with Crippen LogP contribution >= 0.6 is 0 Å². The highest BCUT2D eigenvalue weighted by Crippen LogP contribution is 2.55. The summed E-state index contributed by atoms with van der Waals surface area (Å²) in [4.78, 5) is 17.6. The molecule has 4 fully saturated rings. The van der Waals surface area contributed by atoms with Gasteiger partial charge in [-0.1, -0.05) is 63.8 Å². The van der Waals surface area contributed by atoms with E-state index in [9.17, 15) is 0 Å². The second-order valence-electron chi connectivity index (χ2n) is 10.3. The van der Waals surface area contributed by atoms with Gasteiger partial charge in [-0.05, 0) is 106 Å². The smallest absolute Gasteiger partial charge is 0.116 e. The zero-order valence-electron chi connectivity index (χ0n) is 22.1. The Kier molecular flexibility index (Phi) is 9.93. The lowest BCUT2D eigenvalue weighted by Gasteiger charge is -2.29. The highest BCUT2D eigenvalue weighted by Gasteiger charge is 2.45. The van der Waals surface area contributed by atoms with Crippen molar-refractivity contribution in [2.75, 3.05) is 0 Å². The molecule has 4 saturated carbocycles. The third-order valence-electron chi connectivity index (χ3n) is 8.85. The topological polar surface area (TPSA) is 34.1 Å². The lowest BCUT2D eigenvalue weighted by Crippen LogP contribution is -2.19. The van der Waals surface area contributed by atoms with Gasteiger partial charge in [0.15, 0.2) is 0 Å². The summed E-state index contributed by atoms with van der Waals surface area (Å²) in [5.74, 6) is 8.62. The fourth-order valence-electron chi connectivity index (χ4n) is 7.87. The maximum Gasteiger partial charge on any atom is 0.116 e. The fourth-order valence-corrected chi connectivity index (χ4v) is 7.87. The fraction of sp³-hybridized carbons (Fsp3) is 0.793. The molecule has 6 aliphatic carbocycles. The van der Waals surface area contributed by atoms with Crippen molar-refractivity contribution >= 4 is 12.6 Å². The Morgan fingerprint density at radius 1 is 0.774 bits per heavy atom. The van der Waals surface area contributed by atoms with Gasteiger partial charge in [-0.15, -0.1) is 0 Å². The number of hydrogen-bond acceptors (Lipinski definition) is 2. The molecule has 6 aliphatic rings. The van der Waals surface area contributed by atoms with Crippen molar-refractivity contribution in [1.82, 2.24) is 0 Å². The Bertz CT molecular complexity index is 593. The molecule has 4 bridgehead atoms. The molecule has 0 heterocycles. The summed E-state index contributed by atoms with van der Waals surface area (Å²) in [6, 6.07) is 0. The van der Waals surface area contributed by atoms with Crippen LogP contribution in [-0.2, 0) is 9.59 Å². The van der Waals surface area contributed by atoms with Crippen LogP contribution < -0.4 is 0 Å². The SMILES string of the molecule is C1=CC2C3CC=CC(C3)C2CC1.C1CC2CC(C1)C1CCCCC21.CC=O.CC=O.[2H]C[2H]. The third kappa shape index (κ3) is 6.42. The van der Waals surface area contributed by atoms with Crippen LogP contribution in [0.4, 0.5) is 0 Å². The minimum atomic E-state index is -0.250. The van der Waals surface area contributed by atoms with E-state index in [1.54, 1.807) is 51.4 Å². The van der Waals surface area contributed by atoms with Crippen LogP contribution in [0, 0.1) is 47.3 Å². The van der Waals surface area contributed by atoms with Crippen molar-refractivity contribution in [1.29, 1.82) is 0 Å². The van der Waals surface area contributed by atoms with Gasteiger partial charge in [0.05, 0.1) is 0 Å². The largest absolute Gasteiger partial charge is 0.304 e. The number of aldehydes is 2. The number of rotatable bonds is 0. The van der Waals surface area contributed by atoms with Crippen molar-refractivity contribution < 1.29 is 12.3 Å². The zero-order valence-corrected chi connectivity index (χ0v) is 20.1. The van der Waals surface area contributed by atoms with Crippen LogP contribution in [0.5, 0.6) is 0 Å². The number of carbonyl (C=O) groups is 2. The molecular weight excluding hydrogens is 380 g/mol. The predicted octanol–water partition coefficient (Wildman–Crippen LogP) is 7.82. The van der Waals surface area contributed by atoms with Gasteiger partial charge in [0.1, 0.15) is 12.6 Å². The molecule has 2 heteroatoms. The molecule has 0 amide bonds. The summed E-state index contributed by atoms with van der Waals surface area (Å²) < 4.78 is 11.8. The van der Waals surface area contributed by atoms with Crippen LogP contribution in [0.1, 0.15) is 101 Å². The lowest BCUT2D eigenvalue weighted by atomic mass is 9.77. The van der Waals surface area contributed by atoms with Crippen LogP contribution in [0.15, 0.2) is 24.3 Å². The lowest BCUT2D eigenvalue weighted by molar-refractivity contribution is -0.106. The molecule has 0 aromatic rings. The molecule has 8 unspecified atom stereocenters. The van der Waals surface area contributed by atoms with Gasteiger partial charge < -0.3 is 9.59 Å². The van der Waals surface area contributed by atoms with Crippen molar-refractivity contribution in [2.45, 2.75) is 98.3 Å². The summed E-state index contributed by atoms with van der Waals surface area (Å²) in [6.07, 6.45) is 29.5. The summed E-state index contributed by atoms with van der Waals surface area (Å²) in [6.45, 7) is 2.89. The molecule has 176 valence electrons. The molecule has 0 spiro atoms. The van der Waals surface area contributed by atoms with E-state index in [1.165, 1.54) is 63.2 Å². The van der Waals surface area contributed by atoms with Crippen LogP contribution in [0.25, 0.3) is 0 Å². The monoisotopic (exact) mass is 430 g/mol. The Morgan fingerprint density at radius 2 is 1.39 bits per heavy atom. The Morgan fingerprint density at radius 3 is 2.00 bits per heavy atom. The predicted molar refractivity (Wildman–Crippen MR) is 132 cm³/mol. The third-order valence-corrected chi connectivity index (χ3v) is 8.85. The van der Waals surface area contributed by atoms with E-state index < -0.39 is 0 Å². The van der Waals surface area contributed by atoms with E-state index in [1.807, 2.05) is 0 Å². The first-order chi connectivity index (χ1) is 16.1. The Labute approximate surface area is 195 Å². The highest BCUT2D eigenvalue weighted by atomic mass is 16.1. The summed E-state index contributed by atoms with van der Waals surface area (Å²) >= 11 is 0. The van der Waals surface area contributed by atoms with Gasteiger partial charge >= 0.3 is 0 Å². The van der Waals surface area contributed by atoms with Crippen LogP contribution in [0.3, 0.4) is 0 Å². The Hall–Kier alpha value is -1.18. The van der Waals surface area contributed by atoms with E-state index in [-0.39, 0.29) is 7.38 Å². The van der Waals surface area contributed by atoms with Gasteiger partial charge in [0.25, 0.3) is 0 Å². The first kappa shape index (κ1) is 23.0. The summed E-state index contributed by atoms with van der Waals surface area (Å²) in [7, 11) is -0.250. The molecule has 0 aromatic heterocycles. The first-order valence-electron chi connectivity index (χ1n) is 14.3. The maximum absolute atomic E-state index is 8.81.